The summed E-state index contributed by atoms with van der Waals surface area (Å²) < 4.78 is 40.5. The Balaban J connectivity index is 3.51. The van der Waals surface area contributed by atoms with E-state index in [4.69, 9.17) is 19.8 Å². The monoisotopic (exact) mass is 233 g/mol. The first kappa shape index (κ1) is 11.6. The molecule has 0 unspecified atom stereocenters. The van der Waals surface area contributed by atoms with Gasteiger partial charge in [0.05, 0.1) is 19.9 Å². The summed E-state index contributed by atoms with van der Waals surface area (Å²) in [5.74, 6) is 0.357. The van der Waals surface area contributed by atoms with Crippen LogP contribution in [-0.2, 0) is 10.1 Å². The van der Waals surface area contributed by atoms with Crippen LogP contribution < -0.4 is 15.2 Å². The van der Waals surface area contributed by atoms with Crippen LogP contribution in [0.2, 0.25) is 0 Å². The van der Waals surface area contributed by atoms with Gasteiger partial charge in [0.2, 0.25) is 0 Å². The summed E-state index contributed by atoms with van der Waals surface area (Å²) in [6, 6.07) is 2.54. The predicted octanol–water partition coefficient (Wildman–Crippen LogP) is 0.533. The molecule has 1 aromatic carbocycles. The van der Waals surface area contributed by atoms with Crippen LogP contribution >= 0.6 is 0 Å². The van der Waals surface area contributed by atoms with Crippen molar-refractivity contribution in [1.82, 2.24) is 0 Å². The van der Waals surface area contributed by atoms with E-state index in [1.807, 2.05) is 0 Å². The molecule has 0 radical (unpaired) electrons. The van der Waals surface area contributed by atoms with E-state index in [0.29, 0.717) is 0 Å². The normalized spacial score (nSPS) is 11.1. The third-order valence-electron chi connectivity index (χ3n) is 1.81. The number of ether oxygens (including phenoxy) is 2. The Bertz CT molecular complexity index is 468. The highest BCUT2D eigenvalue weighted by atomic mass is 32.2. The molecule has 0 aliphatic carbocycles. The van der Waals surface area contributed by atoms with Crippen LogP contribution in [0.3, 0.4) is 0 Å². The van der Waals surface area contributed by atoms with Gasteiger partial charge in [0.1, 0.15) is 16.4 Å². The molecule has 0 amide bonds. The van der Waals surface area contributed by atoms with Crippen LogP contribution in [0.4, 0.5) is 5.69 Å². The van der Waals surface area contributed by atoms with Crippen LogP contribution in [0.15, 0.2) is 17.0 Å². The summed E-state index contributed by atoms with van der Waals surface area (Å²) in [6.07, 6.45) is 0. The fourth-order valence-electron chi connectivity index (χ4n) is 1.08. The van der Waals surface area contributed by atoms with Gasteiger partial charge in [-0.05, 0) is 0 Å². The van der Waals surface area contributed by atoms with E-state index in [9.17, 15) is 8.42 Å². The Morgan fingerprint density at radius 3 is 2.27 bits per heavy atom. The Morgan fingerprint density at radius 1 is 1.27 bits per heavy atom. The van der Waals surface area contributed by atoms with Gasteiger partial charge in [-0.1, -0.05) is 0 Å². The lowest BCUT2D eigenvalue weighted by molar-refractivity contribution is 0.392. The highest BCUT2D eigenvalue weighted by molar-refractivity contribution is 7.86. The molecule has 1 rings (SSSR count). The van der Waals surface area contributed by atoms with Gasteiger partial charge in [-0.3, -0.25) is 4.55 Å². The van der Waals surface area contributed by atoms with Gasteiger partial charge in [0, 0.05) is 12.1 Å². The lowest BCUT2D eigenvalue weighted by atomic mass is 10.3. The SMILES string of the molecule is COc1cc(OC)c(N)c(S(=O)(=O)O)c1. The first-order chi connectivity index (χ1) is 6.90. The van der Waals surface area contributed by atoms with Crippen LogP contribution in [0, 0.1) is 0 Å². The van der Waals surface area contributed by atoms with E-state index >= 15 is 0 Å². The zero-order valence-electron chi connectivity index (χ0n) is 8.22. The number of rotatable bonds is 3. The third kappa shape index (κ3) is 2.31. The smallest absolute Gasteiger partial charge is 0.296 e. The minimum Gasteiger partial charge on any atom is -0.497 e. The lowest BCUT2D eigenvalue weighted by Crippen LogP contribution is -2.05. The molecule has 15 heavy (non-hydrogen) atoms. The van der Waals surface area contributed by atoms with Gasteiger partial charge >= 0.3 is 0 Å². The molecule has 0 aromatic heterocycles. The molecule has 84 valence electrons. The summed E-state index contributed by atoms with van der Waals surface area (Å²) in [5.41, 5.74) is 5.33. The summed E-state index contributed by atoms with van der Waals surface area (Å²) in [7, 11) is -1.69. The van der Waals surface area contributed by atoms with Gasteiger partial charge < -0.3 is 15.2 Å². The molecule has 0 fully saturated rings. The number of anilines is 1. The number of methoxy groups -OCH3 is 2. The molecule has 7 heteroatoms. The van der Waals surface area contributed by atoms with Crippen molar-refractivity contribution < 1.29 is 22.4 Å². The molecule has 0 bridgehead atoms. The summed E-state index contributed by atoms with van der Waals surface area (Å²) in [6.45, 7) is 0. The molecule has 3 N–H and O–H groups in total. The molecule has 0 heterocycles. The van der Waals surface area contributed by atoms with Crippen molar-refractivity contribution in [2.75, 3.05) is 20.0 Å². The maximum Gasteiger partial charge on any atom is 0.296 e. The number of hydrogen-bond acceptors (Lipinski definition) is 5. The van der Waals surface area contributed by atoms with Crippen LogP contribution in [0.5, 0.6) is 11.5 Å². The molecule has 6 nitrogen and oxygen atoms in total. The fourth-order valence-corrected chi connectivity index (χ4v) is 1.72. The van der Waals surface area contributed by atoms with Gasteiger partial charge in [-0.25, -0.2) is 0 Å². The highest BCUT2D eigenvalue weighted by Crippen LogP contribution is 2.33. The second-order valence-electron chi connectivity index (χ2n) is 2.72. The minimum absolute atomic E-state index is 0.127. The molecular weight excluding hydrogens is 222 g/mol. The Labute approximate surface area is 87.4 Å². The zero-order valence-corrected chi connectivity index (χ0v) is 9.04. The Morgan fingerprint density at radius 2 is 1.87 bits per heavy atom. The molecule has 0 aliphatic rings. The maximum atomic E-state index is 11.0. The van der Waals surface area contributed by atoms with Gasteiger partial charge in [-0.15, -0.1) is 0 Å². The van der Waals surface area contributed by atoms with Crippen LogP contribution in [0.25, 0.3) is 0 Å². The summed E-state index contributed by atoms with van der Waals surface area (Å²) in [4.78, 5) is -0.432. The molecular formula is C8H11NO5S. The molecule has 0 saturated heterocycles. The van der Waals surface area contributed by atoms with Crippen molar-refractivity contribution in [1.29, 1.82) is 0 Å². The van der Waals surface area contributed by atoms with Gasteiger partial charge in [-0.2, -0.15) is 8.42 Å². The van der Waals surface area contributed by atoms with Crippen molar-refractivity contribution in [3.63, 3.8) is 0 Å². The fraction of sp³-hybridized carbons (Fsp3) is 0.250. The minimum atomic E-state index is -4.38. The standard InChI is InChI=1S/C8H11NO5S/c1-13-5-3-6(14-2)8(9)7(4-5)15(10,11)12/h3-4H,9H2,1-2H3,(H,10,11,12). The molecule has 0 saturated carbocycles. The zero-order chi connectivity index (χ0) is 11.6. The third-order valence-corrected chi connectivity index (χ3v) is 2.70. The average molecular weight is 233 g/mol. The first-order valence-corrected chi connectivity index (χ1v) is 5.33. The Kier molecular flexibility index (Phi) is 3.06. The van der Waals surface area contributed by atoms with E-state index in [-0.39, 0.29) is 17.2 Å². The van der Waals surface area contributed by atoms with Crippen LogP contribution in [-0.4, -0.2) is 27.2 Å². The van der Waals surface area contributed by atoms with Gasteiger partial charge in [0.15, 0.2) is 0 Å². The topological polar surface area (TPSA) is 98.9 Å². The van der Waals surface area contributed by atoms with Crippen molar-refractivity contribution in [2.24, 2.45) is 0 Å². The van der Waals surface area contributed by atoms with Crippen LogP contribution in [0.1, 0.15) is 0 Å². The van der Waals surface area contributed by atoms with Gasteiger partial charge in [0.25, 0.3) is 10.1 Å². The Hall–Kier alpha value is -1.47. The second-order valence-corrected chi connectivity index (χ2v) is 4.11. The van der Waals surface area contributed by atoms with E-state index < -0.39 is 15.0 Å². The number of hydrogen-bond donors (Lipinski definition) is 2. The van der Waals surface area contributed by atoms with E-state index in [0.717, 1.165) is 6.07 Å². The number of benzene rings is 1. The van der Waals surface area contributed by atoms with Crippen molar-refractivity contribution in [3.8, 4) is 11.5 Å². The lowest BCUT2D eigenvalue weighted by Gasteiger charge is -2.10. The van der Waals surface area contributed by atoms with Crippen molar-refractivity contribution in [2.45, 2.75) is 4.90 Å². The van der Waals surface area contributed by atoms with Crippen molar-refractivity contribution >= 4 is 15.8 Å². The maximum absolute atomic E-state index is 11.0. The predicted molar refractivity (Wildman–Crippen MR) is 53.8 cm³/mol. The number of nitrogens with two attached hydrogens (primary N) is 1. The molecule has 0 spiro atoms. The van der Waals surface area contributed by atoms with E-state index in [1.165, 1.54) is 20.3 Å². The molecule has 0 aliphatic heterocycles. The quantitative estimate of drug-likeness (QED) is 0.583. The average Bonchev–Trinajstić information content (AvgIpc) is 2.16. The first-order valence-electron chi connectivity index (χ1n) is 3.89. The molecule has 0 atom stereocenters. The summed E-state index contributed by atoms with van der Waals surface area (Å²) in [5, 5.41) is 0. The van der Waals surface area contributed by atoms with E-state index in [2.05, 4.69) is 0 Å². The highest BCUT2D eigenvalue weighted by Gasteiger charge is 2.19. The number of nitrogen functional groups attached to an aromatic ring is 1. The second kappa shape index (κ2) is 3.95. The largest absolute Gasteiger partial charge is 0.497 e. The summed E-state index contributed by atoms with van der Waals surface area (Å²) >= 11 is 0. The molecule has 1 aromatic rings. The van der Waals surface area contributed by atoms with Crippen molar-refractivity contribution in [3.05, 3.63) is 12.1 Å². The van der Waals surface area contributed by atoms with E-state index in [1.54, 1.807) is 0 Å².